The van der Waals surface area contributed by atoms with Crippen molar-refractivity contribution in [2.75, 3.05) is 50.8 Å². The van der Waals surface area contributed by atoms with Gasteiger partial charge in [-0.15, -0.1) is 0 Å². The molecule has 2 saturated heterocycles. The van der Waals surface area contributed by atoms with E-state index in [4.69, 9.17) is 4.74 Å². The van der Waals surface area contributed by atoms with Gasteiger partial charge in [-0.25, -0.2) is 0 Å². The Kier molecular flexibility index (Phi) is 7.60. The lowest BCUT2D eigenvalue weighted by molar-refractivity contribution is -1.02. The van der Waals surface area contributed by atoms with Crippen LogP contribution in [0.4, 0.5) is 5.69 Å². The maximum Gasteiger partial charge on any atom is 0.309 e. The number of piperidine rings is 1. The van der Waals surface area contributed by atoms with Gasteiger partial charge in [0.25, 0.3) is 0 Å². The van der Waals surface area contributed by atoms with Crippen molar-refractivity contribution in [3.05, 3.63) is 65.7 Å². The Hall–Kier alpha value is -2.37. The van der Waals surface area contributed by atoms with Gasteiger partial charge >= 0.3 is 5.97 Å². The van der Waals surface area contributed by atoms with Crippen LogP contribution in [0.1, 0.15) is 30.9 Å². The summed E-state index contributed by atoms with van der Waals surface area (Å²) >= 11 is 0. The minimum Gasteiger partial charge on any atom is -0.466 e. The zero-order chi connectivity index (χ0) is 21.5. The Morgan fingerprint density at radius 2 is 1.52 bits per heavy atom. The summed E-state index contributed by atoms with van der Waals surface area (Å²) in [5, 5.41) is 0. The highest BCUT2D eigenvalue weighted by Crippen LogP contribution is 2.26. The molecule has 0 aromatic heterocycles. The van der Waals surface area contributed by atoms with Crippen molar-refractivity contribution in [3.8, 4) is 0 Å². The Labute approximate surface area is 186 Å². The minimum atomic E-state index is -0.0178. The first-order chi connectivity index (χ1) is 15.2. The maximum atomic E-state index is 12.1. The number of hydrogen-bond donors (Lipinski definition) is 2. The third-order valence-corrected chi connectivity index (χ3v) is 6.85. The van der Waals surface area contributed by atoms with E-state index in [0.717, 1.165) is 39.0 Å². The molecule has 0 atom stereocenters. The van der Waals surface area contributed by atoms with E-state index < -0.39 is 0 Å². The number of anilines is 1. The highest BCUT2D eigenvalue weighted by molar-refractivity contribution is 5.73. The molecule has 0 bridgehead atoms. The normalized spacial score (nSPS) is 22.3. The molecule has 166 valence electrons. The zero-order valence-electron chi connectivity index (χ0n) is 18.8. The molecule has 2 heterocycles. The van der Waals surface area contributed by atoms with E-state index in [1.54, 1.807) is 9.80 Å². The lowest BCUT2D eigenvalue weighted by atomic mass is 9.96. The monoisotopic (exact) mass is 423 g/mol. The van der Waals surface area contributed by atoms with Crippen LogP contribution in [0.25, 0.3) is 0 Å². The summed E-state index contributed by atoms with van der Waals surface area (Å²) in [6, 6.07) is 19.7. The number of quaternary nitrogens is 2. The summed E-state index contributed by atoms with van der Waals surface area (Å²) in [7, 11) is 0. The number of carbonyl (C=O) groups excluding carboxylic acids is 1. The molecular weight excluding hydrogens is 386 g/mol. The Balaban J connectivity index is 1.30. The van der Waals surface area contributed by atoms with Gasteiger partial charge in [0.2, 0.25) is 0 Å². The number of benzene rings is 2. The van der Waals surface area contributed by atoms with Crippen molar-refractivity contribution in [2.24, 2.45) is 5.92 Å². The fourth-order valence-electron chi connectivity index (χ4n) is 5.05. The number of ether oxygens (including phenoxy) is 1. The van der Waals surface area contributed by atoms with Gasteiger partial charge < -0.3 is 19.4 Å². The van der Waals surface area contributed by atoms with E-state index in [1.807, 2.05) is 6.92 Å². The van der Waals surface area contributed by atoms with Crippen molar-refractivity contribution in [2.45, 2.75) is 32.9 Å². The molecule has 2 aromatic rings. The molecule has 0 aliphatic carbocycles. The Bertz CT molecular complexity index is 826. The summed E-state index contributed by atoms with van der Waals surface area (Å²) in [6.07, 6.45) is 1.78. The van der Waals surface area contributed by atoms with Gasteiger partial charge in [-0.05, 0) is 25.8 Å². The van der Waals surface area contributed by atoms with Gasteiger partial charge in [0.05, 0.1) is 12.5 Å². The molecule has 0 amide bonds. The highest BCUT2D eigenvalue weighted by Gasteiger charge is 2.28. The summed E-state index contributed by atoms with van der Waals surface area (Å²) < 4.78 is 5.23. The lowest BCUT2D eigenvalue weighted by Gasteiger charge is -2.35. The number of piperazine rings is 1. The van der Waals surface area contributed by atoms with Gasteiger partial charge in [0, 0.05) is 29.9 Å². The Morgan fingerprint density at radius 3 is 2.19 bits per heavy atom. The molecule has 31 heavy (non-hydrogen) atoms. The summed E-state index contributed by atoms with van der Waals surface area (Å²) in [6.45, 7) is 11.4. The van der Waals surface area contributed by atoms with E-state index in [1.165, 1.54) is 43.0 Å². The number of nitrogens with one attached hydrogen (secondary N) is 2. The summed E-state index contributed by atoms with van der Waals surface area (Å²) in [4.78, 5) is 17.9. The van der Waals surface area contributed by atoms with E-state index in [9.17, 15) is 4.79 Å². The van der Waals surface area contributed by atoms with Crippen LogP contribution in [0.15, 0.2) is 54.6 Å². The first-order valence-corrected chi connectivity index (χ1v) is 11.9. The molecule has 0 spiro atoms. The van der Waals surface area contributed by atoms with E-state index in [2.05, 4.69) is 59.5 Å². The van der Waals surface area contributed by atoms with Gasteiger partial charge in [0.15, 0.2) is 0 Å². The molecule has 2 fully saturated rings. The first kappa shape index (κ1) is 21.8. The van der Waals surface area contributed by atoms with Crippen LogP contribution >= 0.6 is 0 Å². The second kappa shape index (κ2) is 10.8. The highest BCUT2D eigenvalue weighted by atomic mass is 16.5. The van der Waals surface area contributed by atoms with E-state index in [-0.39, 0.29) is 11.9 Å². The van der Waals surface area contributed by atoms with Gasteiger partial charge in [-0.3, -0.25) is 4.79 Å². The lowest BCUT2D eigenvalue weighted by Crippen LogP contribution is -3.27. The first-order valence-electron chi connectivity index (χ1n) is 11.9. The third kappa shape index (κ3) is 5.86. The fraction of sp³-hybridized carbons (Fsp3) is 0.500. The molecule has 2 aromatic carbocycles. The van der Waals surface area contributed by atoms with Gasteiger partial charge in [-0.1, -0.05) is 48.5 Å². The average Bonchev–Trinajstić information content (AvgIpc) is 2.82. The average molecular weight is 424 g/mol. The topological polar surface area (TPSA) is 38.4 Å². The van der Waals surface area contributed by atoms with Crippen molar-refractivity contribution < 1.29 is 19.3 Å². The molecule has 0 unspecified atom stereocenters. The van der Waals surface area contributed by atoms with Crippen LogP contribution in [-0.4, -0.2) is 51.8 Å². The van der Waals surface area contributed by atoms with Gasteiger partial charge in [-0.2, -0.15) is 0 Å². The third-order valence-electron chi connectivity index (χ3n) is 6.85. The summed E-state index contributed by atoms with van der Waals surface area (Å²) in [5.74, 6) is 0.0467. The number of rotatable bonds is 7. The predicted molar refractivity (Wildman–Crippen MR) is 123 cm³/mol. The molecule has 2 N–H and O–H groups in total. The number of nitrogens with zero attached hydrogens (tertiary/aromatic N) is 1. The standard InChI is InChI=1S/C26H35N3O2/c1-2-31-26(30)23-12-14-29(15-13-23)25-11-7-6-10-24(25)21-28-18-16-27(17-19-28)20-22-8-4-3-5-9-22/h3-11,23H,2,12-21H2,1H3/p+2. The zero-order valence-corrected chi connectivity index (χ0v) is 18.8. The maximum absolute atomic E-state index is 12.1. The van der Waals surface area contributed by atoms with Crippen LogP contribution in [0.5, 0.6) is 0 Å². The van der Waals surface area contributed by atoms with Crippen LogP contribution < -0.4 is 14.7 Å². The van der Waals surface area contributed by atoms with Crippen molar-refractivity contribution in [3.63, 3.8) is 0 Å². The molecule has 2 aliphatic heterocycles. The second-order valence-electron chi connectivity index (χ2n) is 8.98. The number of esters is 1. The number of para-hydroxylation sites is 1. The molecule has 0 radical (unpaired) electrons. The summed E-state index contributed by atoms with van der Waals surface area (Å²) in [5.41, 5.74) is 4.24. The number of carbonyl (C=O) groups is 1. The van der Waals surface area contributed by atoms with Crippen LogP contribution in [0.2, 0.25) is 0 Å². The molecule has 4 rings (SSSR count). The number of hydrogen-bond acceptors (Lipinski definition) is 3. The van der Waals surface area contributed by atoms with Gasteiger partial charge in [0.1, 0.15) is 39.3 Å². The van der Waals surface area contributed by atoms with Crippen LogP contribution in [0.3, 0.4) is 0 Å². The largest absolute Gasteiger partial charge is 0.466 e. The van der Waals surface area contributed by atoms with E-state index in [0.29, 0.717) is 6.61 Å². The molecule has 5 heteroatoms. The second-order valence-corrected chi connectivity index (χ2v) is 8.98. The molecular formula is C26H37N3O2+2. The molecule has 0 saturated carbocycles. The van der Waals surface area contributed by atoms with Crippen molar-refractivity contribution in [1.29, 1.82) is 0 Å². The van der Waals surface area contributed by atoms with E-state index >= 15 is 0 Å². The van der Waals surface area contributed by atoms with Crippen LogP contribution in [-0.2, 0) is 22.6 Å². The smallest absolute Gasteiger partial charge is 0.309 e. The van der Waals surface area contributed by atoms with Crippen molar-refractivity contribution in [1.82, 2.24) is 0 Å². The molecule has 5 nitrogen and oxygen atoms in total. The van der Waals surface area contributed by atoms with Crippen molar-refractivity contribution >= 4 is 11.7 Å². The predicted octanol–water partition coefficient (Wildman–Crippen LogP) is 0.950. The minimum absolute atomic E-state index is 0.0178. The fourth-order valence-corrected chi connectivity index (χ4v) is 5.05. The Morgan fingerprint density at radius 1 is 0.903 bits per heavy atom. The SMILES string of the molecule is CCOC(=O)C1CCN(c2ccccc2C[NH+]2CC[NH+](Cc3ccccc3)CC2)CC1. The molecule has 2 aliphatic rings. The van der Waals surface area contributed by atoms with Crippen LogP contribution in [0, 0.1) is 5.92 Å². The quantitative estimate of drug-likeness (QED) is 0.652.